The molecule has 9 heteroatoms. The molecule has 2 aliphatic heterocycles. The Bertz CT molecular complexity index is 855. The van der Waals surface area contributed by atoms with Crippen LogP contribution in [0.1, 0.15) is 5.56 Å². The van der Waals surface area contributed by atoms with E-state index in [1.807, 2.05) is 6.92 Å². The Labute approximate surface area is 158 Å². The largest absolute Gasteiger partial charge is 0.337 e. The summed E-state index contributed by atoms with van der Waals surface area (Å²) in [6, 6.07) is 6.56. The first-order valence-corrected chi connectivity index (χ1v) is 10.1. The van der Waals surface area contributed by atoms with E-state index < -0.39 is 27.5 Å². The Kier molecular flexibility index (Phi) is 5.09. The maximum atomic E-state index is 14.7. The molecule has 7 nitrogen and oxygen atoms in total. The van der Waals surface area contributed by atoms with Crippen molar-refractivity contribution >= 4 is 21.8 Å². The van der Waals surface area contributed by atoms with Crippen molar-refractivity contribution in [1.29, 1.82) is 0 Å². The van der Waals surface area contributed by atoms with Crippen molar-refractivity contribution in [2.75, 3.05) is 39.3 Å². The predicted molar refractivity (Wildman–Crippen MR) is 97.1 cm³/mol. The van der Waals surface area contributed by atoms with Crippen molar-refractivity contribution < 1.29 is 22.4 Å². The average molecular weight is 395 g/mol. The van der Waals surface area contributed by atoms with E-state index in [2.05, 4.69) is 6.58 Å². The Hall–Kier alpha value is -2.26. The molecule has 0 spiro atoms. The fourth-order valence-electron chi connectivity index (χ4n) is 3.25. The zero-order valence-electron chi connectivity index (χ0n) is 15.1. The zero-order valence-corrected chi connectivity index (χ0v) is 15.9. The van der Waals surface area contributed by atoms with Crippen LogP contribution in [-0.2, 0) is 19.6 Å². The van der Waals surface area contributed by atoms with Gasteiger partial charge in [0.15, 0.2) is 0 Å². The predicted octanol–water partition coefficient (Wildman–Crippen LogP) is 0.564. The van der Waals surface area contributed by atoms with E-state index in [0.29, 0.717) is 0 Å². The summed E-state index contributed by atoms with van der Waals surface area (Å²) < 4.78 is 41.4. The number of alkyl halides is 1. The number of carbonyl (C=O) groups is 2. The first kappa shape index (κ1) is 19.5. The fourth-order valence-corrected chi connectivity index (χ4v) is 4.68. The minimum Gasteiger partial charge on any atom is -0.337 e. The average Bonchev–Trinajstić information content (AvgIpc) is 2.64. The number of nitrogens with zero attached hydrogens (tertiary/aromatic N) is 3. The van der Waals surface area contributed by atoms with Gasteiger partial charge in [-0.2, -0.15) is 4.31 Å². The van der Waals surface area contributed by atoms with Gasteiger partial charge in [0.25, 0.3) is 5.91 Å². The summed E-state index contributed by atoms with van der Waals surface area (Å²) in [6.45, 7) is 5.06. The lowest BCUT2D eigenvalue weighted by Gasteiger charge is -2.46. The Morgan fingerprint density at radius 3 is 2.15 bits per heavy atom. The molecule has 2 heterocycles. The number of sulfonamides is 1. The second kappa shape index (κ2) is 7.05. The van der Waals surface area contributed by atoms with Crippen LogP contribution in [0.2, 0.25) is 0 Å². The van der Waals surface area contributed by atoms with Crippen LogP contribution in [0.3, 0.4) is 0 Å². The highest BCUT2D eigenvalue weighted by Crippen LogP contribution is 2.29. The van der Waals surface area contributed by atoms with Crippen LogP contribution in [0.25, 0.3) is 0 Å². The third-order valence-electron chi connectivity index (χ3n) is 4.94. The second-order valence-electron chi connectivity index (χ2n) is 6.87. The first-order valence-electron chi connectivity index (χ1n) is 8.64. The summed E-state index contributed by atoms with van der Waals surface area (Å²) >= 11 is 0. The number of halogens is 1. The number of hydrogen-bond acceptors (Lipinski definition) is 4. The van der Waals surface area contributed by atoms with E-state index in [-0.39, 0.29) is 44.2 Å². The molecular formula is C18H22FN3O4S. The Balaban J connectivity index is 1.60. The number of piperazine rings is 1. The van der Waals surface area contributed by atoms with Crippen molar-refractivity contribution in [2.45, 2.75) is 17.5 Å². The first-order chi connectivity index (χ1) is 12.7. The lowest BCUT2D eigenvalue weighted by molar-refractivity contribution is -0.162. The van der Waals surface area contributed by atoms with Crippen molar-refractivity contribution in [1.82, 2.24) is 14.1 Å². The molecule has 0 aliphatic carbocycles. The zero-order chi connectivity index (χ0) is 19.8. The molecule has 0 bridgehead atoms. The number of amides is 2. The van der Waals surface area contributed by atoms with Gasteiger partial charge in [-0.3, -0.25) is 9.59 Å². The van der Waals surface area contributed by atoms with Gasteiger partial charge in [-0.15, -0.1) is 0 Å². The molecule has 2 saturated heterocycles. The van der Waals surface area contributed by atoms with Gasteiger partial charge in [-0.1, -0.05) is 24.3 Å². The molecule has 0 N–H and O–H groups in total. The molecule has 1 aromatic carbocycles. The normalized spacial score (nSPS) is 20.1. The number of likely N-dealkylation sites (tertiary alicyclic amines) is 1. The number of aryl methyl sites for hydroxylation is 1. The highest BCUT2D eigenvalue weighted by molar-refractivity contribution is 7.89. The molecule has 2 amide bonds. The smallest absolute Gasteiger partial charge is 0.264 e. The highest BCUT2D eigenvalue weighted by Gasteiger charge is 2.53. The molecule has 0 atom stereocenters. The van der Waals surface area contributed by atoms with Crippen molar-refractivity contribution in [3.8, 4) is 0 Å². The summed E-state index contributed by atoms with van der Waals surface area (Å²) in [5.41, 5.74) is -1.14. The molecule has 0 radical (unpaired) electrons. The van der Waals surface area contributed by atoms with E-state index in [0.717, 1.165) is 11.6 Å². The number of benzene rings is 1. The minimum absolute atomic E-state index is 0.104. The quantitative estimate of drug-likeness (QED) is 0.698. The Morgan fingerprint density at radius 1 is 1.07 bits per heavy atom. The highest BCUT2D eigenvalue weighted by atomic mass is 32.2. The van der Waals surface area contributed by atoms with Gasteiger partial charge in [0.1, 0.15) is 0 Å². The maximum Gasteiger partial charge on any atom is 0.264 e. The maximum absolute atomic E-state index is 14.7. The van der Waals surface area contributed by atoms with Crippen LogP contribution in [0.4, 0.5) is 4.39 Å². The van der Waals surface area contributed by atoms with Gasteiger partial charge in [0.05, 0.1) is 18.0 Å². The van der Waals surface area contributed by atoms with E-state index in [1.54, 1.807) is 24.3 Å². The van der Waals surface area contributed by atoms with E-state index in [9.17, 15) is 22.4 Å². The van der Waals surface area contributed by atoms with E-state index >= 15 is 0 Å². The van der Waals surface area contributed by atoms with Gasteiger partial charge < -0.3 is 9.80 Å². The van der Waals surface area contributed by atoms with Crippen LogP contribution in [0.5, 0.6) is 0 Å². The third-order valence-corrected chi connectivity index (χ3v) is 6.85. The number of hydrogen-bond donors (Lipinski definition) is 0. The van der Waals surface area contributed by atoms with Crippen molar-refractivity contribution in [3.05, 3.63) is 42.5 Å². The molecule has 0 saturated carbocycles. The van der Waals surface area contributed by atoms with Gasteiger partial charge >= 0.3 is 0 Å². The molecule has 2 aliphatic rings. The van der Waals surface area contributed by atoms with Gasteiger partial charge in [-0.25, -0.2) is 12.8 Å². The van der Waals surface area contributed by atoms with Gasteiger partial charge in [-0.05, 0) is 25.1 Å². The SMILES string of the molecule is C=CC(=O)N1CC(F)(C(=O)N2CCN(S(=O)(=O)c3ccc(C)cc3)CC2)C1. The summed E-state index contributed by atoms with van der Waals surface area (Å²) in [7, 11) is -3.64. The van der Waals surface area contributed by atoms with Gasteiger partial charge in [0, 0.05) is 26.2 Å². The van der Waals surface area contributed by atoms with Crippen LogP contribution < -0.4 is 0 Å². The lowest BCUT2D eigenvalue weighted by atomic mass is 9.94. The summed E-state index contributed by atoms with van der Waals surface area (Å²) in [5, 5.41) is 0. The van der Waals surface area contributed by atoms with Crippen molar-refractivity contribution in [2.24, 2.45) is 0 Å². The molecule has 1 aromatic rings. The van der Waals surface area contributed by atoms with Crippen molar-refractivity contribution in [3.63, 3.8) is 0 Å². The Morgan fingerprint density at radius 2 is 1.63 bits per heavy atom. The van der Waals surface area contributed by atoms with Crippen LogP contribution >= 0.6 is 0 Å². The molecule has 3 rings (SSSR count). The van der Waals surface area contributed by atoms with Crippen LogP contribution in [-0.4, -0.2) is 79.3 Å². The molecular weight excluding hydrogens is 373 g/mol. The minimum atomic E-state index is -3.64. The summed E-state index contributed by atoms with van der Waals surface area (Å²) in [5.74, 6) is -1.10. The summed E-state index contributed by atoms with van der Waals surface area (Å²) in [6.07, 6.45) is 1.08. The van der Waals surface area contributed by atoms with E-state index in [1.165, 1.54) is 14.1 Å². The monoisotopic (exact) mass is 395 g/mol. The van der Waals surface area contributed by atoms with Crippen LogP contribution in [0.15, 0.2) is 41.8 Å². The second-order valence-corrected chi connectivity index (χ2v) is 8.81. The molecule has 0 aromatic heterocycles. The van der Waals surface area contributed by atoms with Gasteiger partial charge in [0.2, 0.25) is 21.6 Å². The molecule has 27 heavy (non-hydrogen) atoms. The fraction of sp³-hybridized carbons (Fsp3) is 0.444. The van der Waals surface area contributed by atoms with Crippen LogP contribution in [0, 0.1) is 6.92 Å². The van der Waals surface area contributed by atoms with E-state index in [4.69, 9.17) is 0 Å². The number of carbonyl (C=O) groups excluding carboxylic acids is 2. The topological polar surface area (TPSA) is 78.0 Å². The standard InChI is InChI=1S/C18H22FN3O4S/c1-3-16(23)21-12-18(19,13-21)17(24)20-8-10-22(11-9-20)27(25,26)15-6-4-14(2)5-7-15/h3-7H,1,8-13H2,2H3. The third kappa shape index (κ3) is 3.61. The number of rotatable bonds is 4. The molecule has 146 valence electrons. The lowest BCUT2D eigenvalue weighted by Crippen LogP contribution is -2.68. The molecule has 2 fully saturated rings. The molecule has 0 unspecified atom stereocenters. The summed E-state index contributed by atoms with van der Waals surface area (Å²) in [4.78, 5) is 26.6.